The van der Waals surface area contributed by atoms with E-state index >= 15 is 0 Å². The van der Waals surface area contributed by atoms with Crippen molar-refractivity contribution < 1.29 is 74.9 Å². The molecule has 0 aromatic carbocycles. The van der Waals surface area contributed by atoms with E-state index in [1.165, 1.54) is 154 Å². The van der Waals surface area contributed by atoms with Gasteiger partial charge in [0.25, 0.3) is 0 Å². The van der Waals surface area contributed by atoms with Gasteiger partial charge >= 0.3 is 15.6 Å². The summed E-state index contributed by atoms with van der Waals surface area (Å²) in [5, 5.41) is 0. The zero-order valence-corrected chi connectivity index (χ0v) is 51.2. The molecule has 462 valence electrons. The molecule has 0 heterocycles. The Balaban J connectivity index is -0.00000126. The molecule has 0 unspecified atom stereocenters. The van der Waals surface area contributed by atoms with Crippen LogP contribution in [0.25, 0.3) is 0 Å². The third-order valence-electron chi connectivity index (χ3n) is 11.6. The fraction of sp³-hybridized carbons (Fsp3) is 1.00. The van der Waals surface area contributed by atoms with Crippen LogP contribution < -0.4 is 11.5 Å². The molecule has 0 radical (unpaired) electrons. The summed E-state index contributed by atoms with van der Waals surface area (Å²) in [6.07, 6.45) is 37.5. The summed E-state index contributed by atoms with van der Waals surface area (Å²) in [7, 11) is -8.17. The predicted molar refractivity (Wildman–Crippen MR) is 309 cm³/mol. The Morgan fingerprint density at radius 3 is 0.579 bits per heavy atom. The highest BCUT2D eigenvalue weighted by molar-refractivity contribution is 7.47. The molecule has 0 fully saturated rings. The second-order valence-corrected chi connectivity index (χ2v) is 21.8. The van der Waals surface area contributed by atoms with E-state index < -0.39 is 15.6 Å². The number of rotatable bonds is 63. The van der Waals surface area contributed by atoms with Gasteiger partial charge in [-0.1, -0.05) is 182 Å². The van der Waals surface area contributed by atoms with Crippen LogP contribution in [0.1, 0.15) is 220 Å². The molecule has 0 amide bonds. The van der Waals surface area contributed by atoms with E-state index in [9.17, 15) is 18.9 Å². The minimum Gasteiger partial charge on any atom is -0.379 e. The quantitative estimate of drug-likeness (QED) is 0.0327. The van der Waals surface area contributed by atoms with Crippen LogP contribution >= 0.6 is 15.6 Å². The largest absolute Gasteiger partial charge is 0.472 e. The van der Waals surface area contributed by atoms with Crippen molar-refractivity contribution in [2.45, 2.75) is 220 Å². The summed E-state index contributed by atoms with van der Waals surface area (Å²) >= 11 is 0. The zero-order valence-electron chi connectivity index (χ0n) is 49.4. The molecular formula is C56H122N2O16P2. The van der Waals surface area contributed by atoms with E-state index in [0.717, 1.165) is 78.0 Å². The van der Waals surface area contributed by atoms with Crippen molar-refractivity contribution >= 4 is 15.6 Å². The Hall–Kier alpha value is -0.180. The van der Waals surface area contributed by atoms with E-state index in [-0.39, 0.29) is 52.9 Å². The first-order valence-electron chi connectivity index (χ1n) is 30.4. The summed E-state index contributed by atoms with van der Waals surface area (Å²) in [6, 6.07) is 0. The van der Waals surface area contributed by atoms with Gasteiger partial charge in [0.2, 0.25) is 0 Å². The minimum absolute atomic E-state index is 0.0150. The molecule has 0 aliphatic heterocycles. The second kappa shape index (κ2) is 70.9. The van der Waals surface area contributed by atoms with Crippen LogP contribution in [0.4, 0.5) is 0 Å². The molecule has 0 saturated carbocycles. The maximum Gasteiger partial charge on any atom is 0.472 e. The van der Waals surface area contributed by atoms with Crippen LogP contribution in [-0.4, -0.2) is 155 Å². The van der Waals surface area contributed by atoms with Crippen molar-refractivity contribution in [3.8, 4) is 0 Å². The average molecular weight is 1140 g/mol. The Kier molecular flexibility index (Phi) is 74.7. The number of phosphoric ester groups is 2. The van der Waals surface area contributed by atoms with Gasteiger partial charge in [0, 0.05) is 26.4 Å². The van der Waals surface area contributed by atoms with Crippen LogP contribution in [0, 0.1) is 0 Å². The van der Waals surface area contributed by atoms with E-state index in [1.54, 1.807) is 0 Å². The van der Waals surface area contributed by atoms with Crippen molar-refractivity contribution in [1.82, 2.24) is 0 Å². The fourth-order valence-electron chi connectivity index (χ4n) is 7.14. The molecule has 0 aliphatic carbocycles. The van der Waals surface area contributed by atoms with Crippen molar-refractivity contribution in [1.29, 1.82) is 0 Å². The average Bonchev–Trinajstić information content (AvgIpc) is 3.41. The van der Waals surface area contributed by atoms with Gasteiger partial charge in [0.05, 0.1) is 106 Å². The number of unbranched alkanes of at least 4 members (excludes halogenated alkanes) is 25. The van der Waals surface area contributed by atoms with Crippen LogP contribution in [0.2, 0.25) is 0 Å². The predicted octanol–water partition coefficient (Wildman–Crippen LogP) is 13.1. The summed E-state index contributed by atoms with van der Waals surface area (Å²) in [5.74, 6) is 0. The molecule has 20 heteroatoms. The Morgan fingerprint density at radius 2 is 0.395 bits per heavy atom. The SMILES string of the molecule is CCCCCCCCCOCCOCCOP(=O)(O)OCCOCCOCCCCCCCCC.CCCCCCCCCOCCOCCOP(=O)(O)OCCOCCOCCCCCCCCC.NCCCCN. The first-order valence-corrected chi connectivity index (χ1v) is 33.4. The number of phosphoric acid groups is 2. The topological polar surface area (TPSA) is 237 Å². The monoisotopic (exact) mass is 1140 g/mol. The fourth-order valence-corrected chi connectivity index (χ4v) is 8.51. The van der Waals surface area contributed by atoms with Crippen molar-refractivity contribution in [2.24, 2.45) is 11.5 Å². The van der Waals surface area contributed by atoms with Crippen LogP contribution in [0.15, 0.2) is 0 Å². The van der Waals surface area contributed by atoms with E-state index in [1.807, 2.05) is 0 Å². The lowest BCUT2D eigenvalue weighted by atomic mass is 10.1. The van der Waals surface area contributed by atoms with Crippen molar-refractivity contribution in [3.63, 3.8) is 0 Å². The first kappa shape index (κ1) is 80.0. The third-order valence-corrected chi connectivity index (χ3v) is 13.7. The second-order valence-electron chi connectivity index (χ2n) is 18.9. The molecule has 0 rings (SSSR count). The Labute approximate surface area is 466 Å². The number of nitrogens with two attached hydrogens (primary N) is 2. The van der Waals surface area contributed by atoms with Gasteiger partial charge in [0.15, 0.2) is 0 Å². The third kappa shape index (κ3) is 78.0. The molecule has 0 atom stereocenters. The molecule has 0 aromatic rings. The summed E-state index contributed by atoms with van der Waals surface area (Å²) in [5.41, 5.74) is 10.3. The number of hydrogen-bond acceptors (Lipinski definition) is 16. The Morgan fingerprint density at radius 1 is 0.237 bits per heavy atom. The van der Waals surface area contributed by atoms with Crippen LogP contribution in [0.5, 0.6) is 0 Å². The Bertz CT molecular complexity index is 988. The molecule has 0 aliphatic rings. The van der Waals surface area contributed by atoms with Gasteiger partial charge in [-0.15, -0.1) is 0 Å². The lowest BCUT2D eigenvalue weighted by molar-refractivity contribution is 0.0192. The molecule has 6 N–H and O–H groups in total. The standard InChI is InChI=1S/2C26H55O8P.C4H12N2/c2*1-3-5-7-9-11-13-15-17-29-19-21-31-23-25-33-35(27,28)34-26-24-32-22-20-30-18-16-14-12-10-8-6-4-2;5-3-1-2-4-6/h2*3-26H2,1-2H3,(H,27,28);1-6H2. The lowest BCUT2D eigenvalue weighted by Gasteiger charge is -2.12. The number of ether oxygens (including phenoxy) is 8. The highest BCUT2D eigenvalue weighted by Crippen LogP contribution is 2.43. The molecule has 0 saturated heterocycles. The van der Waals surface area contributed by atoms with Gasteiger partial charge in [-0.25, -0.2) is 9.13 Å². The number of hydrogen-bond donors (Lipinski definition) is 4. The summed E-state index contributed by atoms with van der Waals surface area (Å²) in [4.78, 5) is 19.3. The van der Waals surface area contributed by atoms with E-state index in [4.69, 9.17) is 67.5 Å². The van der Waals surface area contributed by atoms with Crippen molar-refractivity contribution in [2.75, 3.05) is 145 Å². The smallest absolute Gasteiger partial charge is 0.379 e. The van der Waals surface area contributed by atoms with Gasteiger partial charge < -0.3 is 59.1 Å². The van der Waals surface area contributed by atoms with Crippen LogP contribution in [0.3, 0.4) is 0 Å². The zero-order chi connectivity index (χ0) is 56.3. The van der Waals surface area contributed by atoms with E-state index in [2.05, 4.69) is 27.7 Å². The highest BCUT2D eigenvalue weighted by Gasteiger charge is 2.21. The molecular weight excluding hydrogens is 1020 g/mol. The lowest BCUT2D eigenvalue weighted by Crippen LogP contribution is -2.11. The maximum atomic E-state index is 11.8. The maximum absolute atomic E-state index is 11.8. The first-order chi connectivity index (χ1) is 37.2. The van der Waals surface area contributed by atoms with Gasteiger partial charge in [-0.2, -0.15) is 0 Å². The highest BCUT2D eigenvalue weighted by atomic mass is 31.2. The normalized spacial score (nSPS) is 11.7. The summed E-state index contributed by atoms with van der Waals surface area (Å²) < 4.78 is 86.7. The minimum atomic E-state index is -4.08. The molecule has 18 nitrogen and oxygen atoms in total. The molecule has 76 heavy (non-hydrogen) atoms. The van der Waals surface area contributed by atoms with Crippen molar-refractivity contribution in [3.05, 3.63) is 0 Å². The molecule has 0 aromatic heterocycles. The molecule has 0 bridgehead atoms. The van der Waals surface area contributed by atoms with E-state index in [0.29, 0.717) is 52.9 Å². The van der Waals surface area contributed by atoms with Gasteiger partial charge in [-0.05, 0) is 51.6 Å². The van der Waals surface area contributed by atoms with Gasteiger partial charge in [-0.3, -0.25) is 18.1 Å². The van der Waals surface area contributed by atoms with Gasteiger partial charge in [0.1, 0.15) is 0 Å². The molecule has 0 spiro atoms. The summed E-state index contributed by atoms with van der Waals surface area (Å²) in [6.45, 7) is 18.1. The van der Waals surface area contributed by atoms with Crippen LogP contribution in [-0.2, 0) is 65.1 Å².